The predicted octanol–water partition coefficient (Wildman–Crippen LogP) is 7.79. The van der Waals surface area contributed by atoms with Crippen molar-refractivity contribution in [2.75, 3.05) is 10.9 Å². The molecule has 1 heterocycles. The minimum absolute atomic E-state index is 0.218. The SMILES string of the molecule is FC(F)(F)c1cc(NNc2ccc(Oc3ccc(Cl)c4cccnc34)cc2)ccc1Cl. The lowest BCUT2D eigenvalue weighted by molar-refractivity contribution is -0.137. The molecule has 0 atom stereocenters. The summed E-state index contributed by atoms with van der Waals surface area (Å²) in [4.78, 5) is 4.33. The molecule has 158 valence electrons. The monoisotopic (exact) mass is 463 g/mol. The molecule has 2 N–H and O–H groups in total. The summed E-state index contributed by atoms with van der Waals surface area (Å²) < 4.78 is 44.9. The van der Waals surface area contributed by atoms with Gasteiger partial charge >= 0.3 is 6.18 Å². The zero-order valence-electron chi connectivity index (χ0n) is 15.7. The van der Waals surface area contributed by atoms with Crippen molar-refractivity contribution >= 4 is 45.5 Å². The van der Waals surface area contributed by atoms with Crippen LogP contribution in [-0.4, -0.2) is 4.98 Å². The zero-order chi connectivity index (χ0) is 22.0. The van der Waals surface area contributed by atoms with Gasteiger partial charge < -0.3 is 15.6 Å². The lowest BCUT2D eigenvalue weighted by atomic mass is 10.2. The molecule has 0 spiro atoms. The number of ether oxygens (including phenoxy) is 1. The Labute approximate surface area is 185 Å². The van der Waals surface area contributed by atoms with Gasteiger partial charge in [-0.15, -0.1) is 0 Å². The van der Waals surface area contributed by atoms with Crippen molar-refractivity contribution in [3.8, 4) is 11.5 Å². The predicted molar refractivity (Wildman–Crippen MR) is 117 cm³/mol. The molecule has 9 heteroatoms. The van der Waals surface area contributed by atoms with Crippen molar-refractivity contribution < 1.29 is 17.9 Å². The maximum Gasteiger partial charge on any atom is 0.417 e. The molecule has 0 aliphatic heterocycles. The number of fused-ring (bicyclic) bond motifs is 1. The number of aromatic nitrogens is 1. The quantitative estimate of drug-likeness (QED) is 0.296. The average molecular weight is 464 g/mol. The summed E-state index contributed by atoms with van der Waals surface area (Å²) in [5, 5.41) is 1.01. The number of anilines is 2. The minimum atomic E-state index is -4.53. The molecule has 0 aliphatic carbocycles. The van der Waals surface area contributed by atoms with E-state index in [0.717, 1.165) is 11.5 Å². The molecule has 0 saturated carbocycles. The van der Waals surface area contributed by atoms with Gasteiger partial charge in [0.1, 0.15) is 11.3 Å². The van der Waals surface area contributed by atoms with Gasteiger partial charge in [0.15, 0.2) is 5.75 Å². The van der Waals surface area contributed by atoms with Crippen LogP contribution in [0.2, 0.25) is 10.0 Å². The molecule has 0 saturated heterocycles. The molecule has 0 aliphatic rings. The summed E-state index contributed by atoms with van der Waals surface area (Å²) in [5.41, 5.74) is 6.14. The third-order valence-electron chi connectivity index (χ3n) is 4.38. The molecule has 0 amide bonds. The van der Waals surface area contributed by atoms with Crippen LogP contribution in [0.1, 0.15) is 5.56 Å². The van der Waals surface area contributed by atoms with Gasteiger partial charge in [-0.3, -0.25) is 4.98 Å². The summed E-state index contributed by atoms with van der Waals surface area (Å²) in [6.07, 6.45) is -2.88. The van der Waals surface area contributed by atoms with E-state index in [1.807, 2.05) is 6.07 Å². The highest BCUT2D eigenvalue weighted by Crippen LogP contribution is 2.36. The molecule has 1 aromatic heterocycles. The number of halogens is 5. The summed E-state index contributed by atoms with van der Waals surface area (Å²) in [6, 6.07) is 17.6. The fourth-order valence-corrected chi connectivity index (χ4v) is 3.33. The highest BCUT2D eigenvalue weighted by Gasteiger charge is 2.33. The Morgan fingerprint density at radius 1 is 0.806 bits per heavy atom. The van der Waals surface area contributed by atoms with Gasteiger partial charge in [0.25, 0.3) is 0 Å². The number of alkyl halides is 3. The molecule has 0 radical (unpaired) electrons. The van der Waals surface area contributed by atoms with Crippen LogP contribution in [0.15, 0.2) is 72.9 Å². The van der Waals surface area contributed by atoms with Crippen LogP contribution in [0, 0.1) is 0 Å². The summed E-state index contributed by atoms with van der Waals surface area (Å²) >= 11 is 11.8. The topological polar surface area (TPSA) is 46.2 Å². The molecule has 0 fully saturated rings. The Kier molecular flexibility index (Phi) is 5.80. The van der Waals surface area contributed by atoms with Crippen LogP contribution in [0.25, 0.3) is 10.9 Å². The standard InChI is InChI=1S/C22H14Cl2F3N3O/c23-18-9-10-20(21-16(18)2-1-11-28-21)31-15-6-3-13(4-7-15)29-30-14-5-8-19(24)17(12-14)22(25,26)27/h1-12,29-30H. The number of nitrogens with one attached hydrogen (secondary N) is 2. The Hall–Kier alpha value is -3.16. The van der Waals surface area contributed by atoms with Crippen LogP contribution in [0.5, 0.6) is 11.5 Å². The first-order valence-corrected chi connectivity index (χ1v) is 9.77. The number of benzene rings is 3. The molecule has 3 aromatic carbocycles. The first-order chi connectivity index (χ1) is 14.8. The molecular formula is C22H14Cl2F3N3O. The van der Waals surface area contributed by atoms with E-state index in [2.05, 4.69) is 15.8 Å². The maximum atomic E-state index is 13.0. The van der Waals surface area contributed by atoms with Crippen LogP contribution in [0.4, 0.5) is 24.5 Å². The largest absolute Gasteiger partial charge is 0.455 e. The van der Waals surface area contributed by atoms with Crippen molar-refractivity contribution in [2.45, 2.75) is 6.18 Å². The van der Waals surface area contributed by atoms with Gasteiger partial charge in [0.2, 0.25) is 0 Å². The van der Waals surface area contributed by atoms with Gasteiger partial charge in [-0.05, 0) is 66.7 Å². The van der Waals surface area contributed by atoms with E-state index in [1.165, 1.54) is 12.1 Å². The number of nitrogens with zero attached hydrogens (tertiary/aromatic N) is 1. The lowest BCUT2D eigenvalue weighted by Gasteiger charge is -2.14. The fraction of sp³-hybridized carbons (Fsp3) is 0.0455. The van der Waals surface area contributed by atoms with Gasteiger partial charge in [0, 0.05) is 11.6 Å². The third kappa shape index (κ3) is 4.78. The van der Waals surface area contributed by atoms with E-state index < -0.39 is 11.7 Å². The third-order valence-corrected chi connectivity index (χ3v) is 5.04. The zero-order valence-corrected chi connectivity index (χ0v) is 17.2. The highest BCUT2D eigenvalue weighted by atomic mass is 35.5. The van der Waals surface area contributed by atoms with E-state index in [4.69, 9.17) is 27.9 Å². The molecule has 4 nitrogen and oxygen atoms in total. The van der Waals surface area contributed by atoms with E-state index in [1.54, 1.807) is 48.7 Å². The molecule has 0 unspecified atom stereocenters. The van der Waals surface area contributed by atoms with E-state index in [-0.39, 0.29) is 10.7 Å². The molecule has 4 rings (SSSR count). The normalized spacial score (nSPS) is 11.4. The Morgan fingerprint density at radius 2 is 1.48 bits per heavy atom. The fourth-order valence-electron chi connectivity index (χ4n) is 2.89. The van der Waals surface area contributed by atoms with Crippen LogP contribution < -0.4 is 15.6 Å². The van der Waals surface area contributed by atoms with Crippen molar-refractivity contribution in [1.29, 1.82) is 0 Å². The van der Waals surface area contributed by atoms with E-state index in [0.29, 0.717) is 27.7 Å². The van der Waals surface area contributed by atoms with Gasteiger partial charge in [-0.2, -0.15) is 13.2 Å². The van der Waals surface area contributed by atoms with Crippen LogP contribution >= 0.6 is 23.2 Å². The maximum absolute atomic E-state index is 13.0. The van der Waals surface area contributed by atoms with E-state index >= 15 is 0 Å². The summed E-state index contributed by atoms with van der Waals surface area (Å²) in [7, 11) is 0. The molecule has 4 aromatic rings. The van der Waals surface area contributed by atoms with Crippen molar-refractivity contribution in [3.05, 3.63) is 88.5 Å². The number of pyridine rings is 1. The van der Waals surface area contributed by atoms with Crippen molar-refractivity contribution in [3.63, 3.8) is 0 Å². The summed E-state index contributed by atoms with van der Waals surface area (Å²) in [5.74, 6) is 1.12. The molecule has 31 heavy (non-hydrogen) atoms. The number of hydrazine groups is 1. The average Bonchev–Trinajstić information content (AvgIpc) is 2.75. The van der Waals surface area contributed by atoms with Crippen molar-refractivity contribution in [1.82, 2.24) is 4.98 Å². The molecule has 0 bridgehead atoms. The highest BCUT2D eigenvalue weighted by molar-refractivity contribution is 6.35. The number of hydrogen-bond acceptors (Lipinski definition) is 4. The second-order valence-corrected chi connectivity index (χ2v) is 7.33. The summed E-state index contributed by atoms with van der Waals surface area (Å²) in [6.45, 7) is 0. The number of hydrogen-bond donors (Lipinski definition) is 2. The second kappa shape index (κ2) is 8.53. The first kappa shape index (κ1) is 21.1. The lowest BCUT2D eigenvalue weighted by Crippen LogP contribution is -2.11. The van der Waals surface area contributed by atoms with Crippen LogP contribution in [-0.2, 0) is 6.18 Å². The van der Waals surface area contributed by atoms with Gasteiger partial charge in [-0.1, -0.05) is 23.2 Å². The van der Waals surface area contributed by atoms with E-state index in [9.17, 15) is 13.2 Å². The van der Waals surface area contributed by atoms with Crippen molar-refractivity contribution in [2.24, 2.45) is 0 Å². The number of rotatable bonds is 5. The van der Waals surface area contributed by atoms with Gasteiger partial charge in [-0.25, -0.2) is 0 Å². The minimum Gasteiger partial charge on any atom is -0.455 e. The van der Waals surface area contributed by atoms with Crippen LogP contribution in [0.3, 0.4) is 0 Å². The smallest absolute Gasteiger partial charge is 0.417 e. The second-order valence-electron chi connectivity index (χ2n) is 6.51. The molecular weight excluding hydrogens is 450 g/mol. The Balaban J connectivity index is 1.46. The Morgan fingerprint density at radius 3 is 2.23 bits per heavy atom. The van der Waals surface area contributed by atoms with Gasteiger partial charge in [0.05, 0.1) is 27.0 Å². The first-order valence-electron chi connectivity index (χ1n) is 9.01. The Bertz CT molecular complexity index is 1230.